The molecule has 0 atom stereocenters. The highest BCUT2D eigenvalue weighted by molar-refractivity contribution is 7.96. The highest BCUT2D eigenvalue weighted by Gasteiger charge is 2.34. The number of halogens is 3. The maximum atomic E-state index is 12.2. The van der Waals surface area contributed by atoms with Gasteiger partial charge in [0.05, 0.1) is 20.8 Å². The molecule has 0 saturated heterocycles. The van der Waals surface area contributed by atoms with E-state index >= 15 is 0 Å². The zero-order chi connectivity index (χ0) is 13.7. The summed E-state index contributed by atoms with van der Waals surface area (Å²) in [7, 11) is -3.97. The maximum absolute atomic E-state index is 12.2. The first-order chi connectivity index (χ1) is 8.30. The highest BCUT2D eigenvalue weighted by Crippen LogP contribution is 2.45. The molecule has 0 aliphatic carbocycles. The molecule has 1 N–H and O–H groups in total. The Morgan fingerprint density at radius 2 is 1.89 bits per heavy atom. The Morgan fingerprint density at radius 3 is 2.44 bits per heavy atom. The van der Waals surface area contributed by atoms with Gasteiger partial charge < -0.3 is 5.32 Å². The summed E-state index contributed by atoms with van der Waals surface area (Å²) >= 11 is 17.5. The monoisotopic (exact) mass is 322 g/mol. The van der Waals surface area contributed by atoms with Gasteiger partial charge in [-0.3, -0.25) is 0 Å². The molecule has 0 unspecified atom stereocenters. The summed E-state index contributed by atoms with van der Waals surface area (Å²) in [6.07, 6.45) is 0. The van der Waals surface area contributed by atoms with Crippen molar-refractivity contribution in [1.29, 1.82) is 5.26 Å². The molecule has 8 heteroatoms. The molecule has 1 heterocycles. The van der Waals surface area contributed by atoms with Gasteiger partial charge in [0.25, 0.3) is 0 Å². The van der Waals surface area contributed by atoms with Crippen molar-refractivity contribution < 1.29 is 8.42 Å². The van der Waals surface area contributed by atoms with E-state index < -0.39 is 9.84 Å². The number of benzene rings is 1. The molecule has 1 aliphatic rings. The van der Waals surface area contributed by atoms with Gasteiger partial charge in [0.1, 0.15) is 11.0 Å². The van der Waals surface area contributed by atoms with E-state index in [0.29, 0.717) is 0 Å². The number of allylic oxidation sites excluding steroid dienone is 2. The first-order valence-electron chi connectivity index (χ1n) is 4.61. The Hall–Kier alpha value is -0.930. The zero-order valence-corrected chi connectivity index (χ0v) is 12.0. The second-order valence-electron chi connectivity index (χ2n) is 3.56. The van der Waals surface area contributed by atoms with E-state index in [4.69, 9.17) is 40.1 Å². The third-order valence-corrected chi connectivity index (χ3v) is 5.69. The van der Waals surface area contributed by atoms with E-state index in [9.17, 15) is 8.42 Å². The largest absolute Gasteiger partial charge is 0.356 e. The number of nitrogens with one attached hydrogen (secondary N) is 1. The van der Waals surface area contributed by atoms with Gasteiger partial charge in [-0.2, -0.15) is 5.26 Å². The summed E-state index contributed by atoms with van der Waals surface area (Å²) in [5.41, 5.74) is 0.436. The summed E-state index contributed by atoms with van der Waals surface area (Å²) in [6, 6.07) is 3.00. The van der Waals surface area contributed by atoms with Gasteiger partial charge in [-0.15, -0.1) is 0 Å². The van der Waals surface area contributed by atoms with Crippen LogP contribution in [0.4, 0.5) is 5.69 Å². The predicted molar refractivity (Wildman–Crippen MR) is 70.6 cm³/mol. The number of sulfone groups is 1. The van der Waals surface area contributed by atoms with Crippen molar-refractivity contribution in [3.05, 3.63) is 31.7 Å². The molecule has 0 spiro atoms. The fourth-order valence-electron chi connectivity index (χ4n) is 1.64. The van der Waals surface area contributed by atoms with Crippen LogP contribution >= 0.6 is 34.8 Å². The van der Waals surface area contributed by atoms with Crippen molar-refractivity contribution in [2.75, 3.05) is 5.32 Å². The number of hydrogen-bond acceptors (Lipinski definition) is 4. The molecule has 0 aromatic heterocycles. The molecule has 0 saturated carbocycles. The van der Waals surface area contributed by atoms with Crippen LogP contribution in [-0.2, 0) is 9.84 Å². The highest BCUT2D eigenvalue weighted by atomic mass is 35.5. The quantitative estimate of drug-likeness (QED) is 0.741. The standard InChI is InChI=1S/C10H5Cl3N2O2S/c1-4-7(3-14)18(16,17)10-6(15-4)2-5(11)8(12)9(10)13/h2,15H,1H3. The summed E-state index contributed by atoms with van der Waals surface area (Å²) in [4.78, 5) is -0.601. The lowest BCUT2D eigenvalue weighted by Gasteiger charge is -2.21. The average Bonchev–Trinajstić information content (AvgIpc) is 2.24. The van der Waals surface area contributed by atoms with Crippen LogP contribution < -0.4 is 5.32 Å². The lowest BCUT2D eigenvalue weighted by molar-refractivity contribution is 0.602. The number of nitrogens with zero attached hydrogens (tertiary/aromatic N) is 1. The molecular weight excluding hydrogens is 319 g/mol. The first kappa shape index (κ1) is 13.5. The Bertz CT molecular complexity index is 732. The molecule has 2 rings (SSSR count). The van der Waals surface area contributed by atoms with Gasteiger partial charge >= 0.3 is 0 Å². The molecule has 94 valence electrons. The van der Waals surface area contributed by atoms with Crippen molar-refractivity contribution in [3.8, 4) is 6.07 Å². The molecular formula is C10H5Cl3N2O2S. The second-order valence-corrected chi connectivity index (χ2v) is 6.54. The smallest absolute Gasteiger partial charge is 0.221 e. The van der Waals surface area contributed by atoms with Gasteiger partial charge in [0.15, 0.2) is 4.91 Å². The second kappa shape index (κ2) is 4.32. The van der Waals surface area contributed by atoms with Crippen LogP contribution in [0.1, 0.15) is 6.92 Å². The van der Waals surface area contributed by atoms with Crippen molar-refractivity contribution in [2.24, 2.45) is 0 Å². The molecule has 1 aromatic carbocycles. The molecule has 0 fully saturated rings. The Labute approximate surface area is 119 Å². The van der Waals surface area contributed by atoms with Gasteiger partial charge in [-0.05, 0) is 13.0 Å². The third kappa shape index (κ3) is 1.77. The van der Waals surface area contributed by atoms with Crippen LogP contribution in [0.5, 0.6) is 0 Å². The molecule has 1 aliphatic heterocycles. The molecule has 0 amide bonds. The van der Waals surface area contributed by atoms with Crippen LogP contribution in [0.3, 0.4) is 0 Å². The molecule has 1 aromatic rings. The minimum Gasteiger partial charge on any atom is -0.356 e. The van der Waals surface area contributed by atoms with Crippen LogP contribution in [0.2, 0.25) is 15.1 Å². The predicted octanol–water partition coefficient (Wildman–Crippen LogP) is 3.60. The van der Waals surface area contributed by atoms with Gasteiger partial charge in [-0.25, -0.2) is 8.42 Å². The lowest BCUT2D eigenvalue weighted by atomic mass is 10.3. The fraction of sp³-hybridized carbons (Fsp3) is 0.100. The number of hydrogen-bond donors (Lipinski definition) is 1. The van der Waals surface area contributed by atoms with Crippen molar-refractivity contribution in [3.63, 3.8) is 0 Å². The minimum absolute atomic E-state index is 0.0562. The van der Waals surface area contributed by atoms with Gasteiger partial charge in [-0.1, -0.05) is 34.8 Å². The topological polar surface area (TPSA) is 70.0 Å². The minimum atomic E-state index is -3.97. The molecule has 18 heavy (non-hydrogen) atoms. The van der Waals surface area contributed by atoms with E-state index in [2.05, 4.69) is 5.32 Å². The van der Waals surface area contributed by atoms with E-state index in [1.54, 1.807) is 6.07 Å². The summed E-state index contributed by atoms with van der Waals surface area (Å²) in [6.45, 7) is 1.48. The average molecular weight is 324 g/mol. The van der Waals surface area contributed by atoms with E-state index in [1.165, 1.54) is 13.0 Å². The van der Waals surface area contributed by atoms with Crippen LogP contribution in [0.25, 0.3) is 0 Å². The van der Waals surface area contributed by atoms with Gasteiger partial charge in [0.2, 0.25) is 9.84 Å². The number of anilines is 1. The van der Waals surface area contributed by atoms with E-state index in [-0.39, 0.29) is 36.3 Å². The third-order valence-electron chi connectivity index (χ3n) is 2.42. The fourth-order valence-corrected chi connectivity index (χ4v) is 4.12. The molecule has 0 bridgehead atoms. The van der Waals surface area contributed by atoms with Crippen molar-refractivity contribution in [2.45, 2.75) is 11.8 Å². The zero-order valence-electron chi connectivity index (χ0n) is 8.88. The normalized spacial score (nSPS) is 16.8. The van der Waals surface area contributed by atoms with Crippen LogP contribution in [0, 0.1) is 11.3 Å². The van der Waals surface area contributed by atoms with Crippen molar-refractivity contribution in [1.82, 2.24) is 0 Å². The van der Waals surface area contributed by atoms with E-state index in [1.807, 2.05) is 0 Å². The number of fused-ring (bicyclic) bond motifs is 1. The summed E-state index contributed by atoms with van der Waals surface area (Å²) < 4.78 is 24.4. The first-order valence-corrected chi connectivity index (χ1v) is 7.23. The number of nitriles is 1. The van der Waals surface area contributed by atoms with Gasteiger partial charge in [0, 0.05) is 5.70 Å². The molecule has 0 radical (unpaired) electrons. The SMILES string of the molecule is CC1=C(C#N)S(=O)(=O)c2c(cc(Cl)c(Cl)c2Cl)N1. The van der Waals surface area contributed by atoms with Crippen LogP contribution in [0.15, 0.2) is 21.6 Å². The van der Waals surface area contributed by atoms with E-state index in [0.717, 1.165) is 0 Å². The Balaban J connectivity index is 2.91. The Kier molecular flexibility index (Phi) is 3.24. The Morgan fingerprint density at radius 1 is 1.28 bits per heavy atom. The summed E-state index contributed by atoms with van der Waals surface area (Å²) in [5.74, 6) is 0. The number of rotatable bonds is 0. The van der Waals surface area contributed by atoms with Crippen LogP contribution in [-0.4, -0.2) is 8.42 Å². The summed E-state index contributed by atoms with van der Waals surface area (Å²) in [5, 5.41) is 11.6. The van der Waals surface area contributed by atoms with Crippen molar-refractivity contribution >= 4 is 50.3 Å². The lowest BCUT2D eigenvalue weighted by Crippen LogP contribution is -2.18. The maximum Gasteiger partial charge on any atom is 0.221 e. The molecule has 4 nitrogen and oxygen atoms in total.